The Morgan fingerprint density at radius 2 is 2.00 bits per heavy atom. The monoisotopic (exact) mass is 313 g/mol. The smallest absolute Gasteiger partial charge is 0.226 e. The standard InChI is InChI=1S/C16H21F2NO3/c1-16(8-20,9-21)7-19(2)15(22)12-6-11(12)10-4-3-5-13(17)14(10)18/h3-5,11-12,20-21H,6-9H2,1-2H3. The highest BCUT2D eigenvalue weighted by atomic mass is 19.2. The number of carbonyl (C=O) groups excluding carboxylic acids is 1. The van der Waals surface area contributed by atoms with Gasteiger partial charge in [-0.1, -0.05) is 19.1 Å². The maximum Gasteiger partial charge on any atom is 0.226 e. The van der Waals surface area contributed by atoms with Gasteiger partial charge in [-0.3, -0.25) is 4.79 Å². The Morgan fingerprint density at radius 3 is 2.59 bits per heavy atom. The topological polar surface area (TPSA) is 60.8 Å². The van der Waals surface area contributed by atoms with Crippen molar-refractivity contribution in [3.05, 3.63) is 35.4 Å². The third-order valence-corrected chi connectivity index (χ3v) is 4.25. The summed E-state index contributed by atoms with van der Waals surface area (Å²) in [5.74, 6) is -2.65. The lowest BCUT2D eigenvalue weighted by Gasteiger charge is -2.30. The maximum atomic E-state index is 13.7. The second-order valence-electron chi connectivity index (χ2n) is 6.41. The van der Waals surface area contributed by atoms with Crippen LogP contribution in [0.2, 0.25) is 0 Å². The van der Waals surface area contributed by atoms with Gasteiger partial charge < -0.3 is 15.1 Å². The highest BCUT2D eigenvalue weighted by Crippen LogP contribution is 2.49. The molecule has 1 aliphatic carbocycles. The van der Waals surface area contributed by atoms with Crippen LogP contribution < -0.4 is 0 Å². The minimum absolute atomic E-state index is 0.179. The molecule has 0 saturated heterocycles. The van der Waals surface area contributed by atoms with Gasteiger partial charge in [0, 0.05) is 24.9 Å². The van der Waals surface area contributed by atoms with Crippen molar-refractivity contribution in [3.63, 3.8) is 0 Å². The number of aliphatic hydroxyl groups is 2. The van der Waals surface area contributed by atoms with E-state index in [0.29, 0.717) is 6.42 Å². The summed E-state index contributed by atoms with van der Waals surface area (Å²) < 4.78 is 27.0. The quantitative estimate of drug-likeness (QED) is 0.837. The SMILES string of the molecule is CN(CC(C)(CO)CO)C(=O)C1CC1c1cccc(F)c1F. The molecule has 1 amide bonds. The van der Waals surface area contributed by atoms with Gasteiger partial charge in [-0.05, 0) is 24.0 Å². The maximum absolute atomic E-state index is 13.7. The Hall–Kier alpha value is -1.53. The Labute approximate surface area is 128 Å². The average Bonchev–Trinajstić information content (AvgIpc) is 3.29. The lowest BCUT2D eigenvalue weighted by atomic mass is 9.92. The summed E-state index contributed by atoms with van der Waals surface area (Å²) >= 11 is 0. The lowest BCUT2D eigenvalue weighted by molar-refractivity contribution is -0.133. The largest absolute Gasteiger partial charge is 0.396 e. The van der Waals surface area contributed by atoms with Gasteiger partial charge >= 0.3 is 0 Å². The van der Waals surface area contributed by atoms with Crippen molar-refractivity contribution >= 4 is 5.91 Å². The van der Waals surface area contributed by atoms with Crippen molar-refractivity contribution in [1.29, 1.82) is 0 Å². The molecule has 0 aromatic heterocycles. The summed E-state index contributed by atoms with van der Waals surface area (Å²) in [4.78, 5) is 13.8. The van der Waals surface area contributed by atoms with Crippen molar-refractivity contribution in [1.82, 2.24) is 4.90 Å². The summed E-state index contributed by atoms with van der Waals surface area (Å²) in [6, 6.07) is 3.99. The molecule has 1 aromatic rings. The summed E-state index contributed by atoms with van der Waals surface area (Å²) in [5, 5.41) is 18.6. The van der Waals surface area contributed by atoms with Crippen LogP contribution in [0.5, 0.6) is 0 Å². The first-order chi connectivity index (χ1) is 10.3. The lowest BCUT2D eigenvalue weighted by Crippen LogP contribution is -2.42. The van der Waals surface area contributed by atoms with Gasteiger partial charge in [0.15, 0.2) is 11.6 Å². The number of hydrogen-bond acceptors (Lipinski definition) is 3. The van der Waals surface area contributed by atoms with Crippen molar-refractivity contribution in [2.45, 2.75) is 19.3 Å². The molecule has 2 N–H and O–H groups in total. The van der Waals surface area contributed by atoms with Gasteiger partial charge in [-0.25, -0.2) is 8.78 Å². The van der Waals surface area contributed by atoms with E-state index < -0.39 is 17.0 Å². The molecule has 1 aliphatic rings. The number of nitrogens with zero attached hydrogens (tertiary/aromatic N) is 1. The third-order valence-electron chi connectivity index (χ3n) is 4.25. The first-order valence-electron chi connectivity index (χ1n) is 7.23. The molecule has 22 heavy (non-hydrogen) atoms. The molecule has 0 heterocycles. The van der Waals surface area contributed by atoms with E-state index in [1.807, 2.05) is 0 Å². The first kappa shape index (κ1) is 16.8. The minimum Gasteiger partial charge on any atom is -0.396 e. The van der Waals surface area contributed by atoms with Crippen LogP contribution in [-0.4, -0.2) is 47.8 Å². The van der Waals surface area contributed by atoms with Gasteiger partial charge in [0.2, 0.25) is 5.91 Å². The van der Waals surface area contributed by atoms with E-state index >= 15 is 0 Å². The van der Waals surface area contributed by atoms with Crippen LogP contribution in [0.3, 0.4) is 0 Å². The number of aliphatic hydroxyl groups excluding tert-OH is 2. The van der Waals surface area contributed by atoms with Crippen molar-refractivity contribution in [2.75, 3.05) is 26.8 Å². The molecule has 1 saturated carbocycles. The summed E-state index contributed by atoms with van der Waals surface area (Å²) in [6.45, 7) is 1.39. The predicted octanol–water partition coefficient (Wildman–Crippen LogP) is 1.52. The van der Waals surface area contributed by atoms with E-state index in [4.69, 9.17) is 0 Å². The molecule has 1 aromatic carbocycles. The van der Waals surface area contributed by atoms with E-state index in [2.05, 4.69) is 0 Å². The molecule has 0 radical (unpaired) electrons. The second kappa shape index (κ2) is 6.30. The second-order valence-corrected chi connectivity index (χ2v) is 6.41. The van der Waals surface area contributed by atoms with E-state index in [1.165, 1.54) is 17.0 Å². The van der Waals surface area contributed by atoms with E-state index in [1.54, 1.807) is 14.0 Å². The fourth-order valence-corrected chi connectivity index (χ4v) is 2.70. The Bertz CT molecular complexity index is 560. The van der Waals surface area contributed by atoms with E-state index in [-0.39, 0.29) is 43.1 Å². The predicted molar refractivity (Wildman–Crippen MR) is 77.1 cm³/mol. The first-order valence-corrected chi connectivity index (χ1v) is 7.23. The highest BCUT2D eigenvalue weighted by molar-refractivity contribution is 5.82. The molecule has 0 spiro atoms. The van der Waals surface area contributed by atoms with Crippen LogP contribution in [0, 0.1) is 23.0 Å². The molecule has 122 valence electrons. The molecular formula is C16H21F2NO3. The molecule has 4 nitrogen and oxygen atoms in total. The minimum atomic E-state index is -0.905. The summed E-state index contributed by atoms with van der Waals surface area (Å²) in [5.41, 5.74) is -0.544. The molecular weight excluding hydrogens is 292 g/mol. The number of hydrogen-bond donors (Lipinski definition) is 2. The van der Waals surface area contributed by atoms with E-state index in [9.17, 15) is 23.8 Å². The highest BCUT2D eigenvalue weighted by Gasteiger charge is 2.47. The number of amides is 1. The number of carbonyl (C=O) groups is 1. The fraction of sp³-hybridized carbons (Fsp3) is 0.562. The molecule has 2 atom stereocenters. The molecule has 0 aliphatic heterocycles. The molecule has 1 fully saturated rings. The van der Waals surface area contributed by atoms with Crippen molar-refractivity contribution in [3.8, 4) is 0 Å². The van der Waals surface area contributed by atoms with Gasteiger partial charge in [0.25, 0.3) is 0 Å². The fourth-order valence-electron chi connectivity index (χ4n) is 2.70. The van der Waals surface area contributed by atoms with Crippen molar-refractivity contribution < 1.29 is 23.8 Å². The van der Waals surface area contributed by atoms with Crippen LogP contribution in [0.25, 0.3) is 0 Å². The Balaban J connectivity index is 2.03. The zero-order valence-corrected chi connectivity index (χ0v) is 12.7. The van der Waals surface area contributed by atoms with Crippen LogP contribution >= 0.6 is 0 Å². The van der Waals surface area contributed by atoms with Crippen LogP contribution in [0.15, 0.2) is 18.2 Å². The molecule has 2 unspecified atom stereocenters. The van der Waals surface area contributed by atoms with E-state index in [0.717, 1.165) is 6.07 Å². The van der Waals surface area contributed by atoms with Crippen LogP contribution in [0.4, 0.5) is 8.78 Å². The number of halogens is 2. The van der Waals surface area contributed by atoms with Gasteiger partial charge in [0.05, 0.1) is 13.2 Å². The number of benzene rings is 1. The molecule has 2 rings (SSSR count). The third kappa shape index (κ3) is 3.28. The molecule has 6 heteroatoms. The van der Waals surface area contributed by atoms with Crippen molar-refractivity contribution in [2.24, 2.45) is 11.3 Å². The number of rotatable bonds is 6. The molecule has 0 bridgehead atoms. The van der Waals surface area contributed by atoms with Gasteiger partial charge in [-0.2, -0.15) is 0 Å². The zero-order valence-electron chi connectivity index (χ0n) is 12.7. The van der Waals surface area contributed by atoms with Crippen LogP contribution in [-0.2, 0) is 4.79 Å². The van der Waals surface area contributed by atoms with Gasteiger partial charge in [0.1, 0.15) is 0 Å². The average molecular weight is 313 g/mol. The summed E-state index contributed by atoms with van der Waals surface area (Å²) in [7, 11) is 1.59. The van der Waals surface area contributed by atoms with Crippen LogP contribution in [0.1, 0.15) is 24.8 Å². The summed E-state index contributed by atoms with van der Waals surface area (Å²) in [6.07, 6.45) is 0.485. The van der Waals surface area contributed by atoms with Gasteiger partial charge in [-0.15, -0.1) is 0 Å². The Kier molecular flexibility index (Phi) is 4.82. The normalized spacial score (nSPS) is 20.8. The Morgan fingerprint density at radius 1 is 1.36 bits per heavy atom. The zero-order chi connectivity index (χ0) is 16.5.